The first-order valence-corrected chi connectivity index (χ1v) is 12.2. The van der Waals surface area contributed by atoms with Gasteiger partial charge in [-0.2, -0.15) is 0 Å². The van der Waals surface area contributed by atoms with Crippen molar-refractivity contribution >= 4 is 33.2 Å². The largest absolute Gasteiger partial charge is 0.497 e. The molecule has 1 atom stereocenters. The van der Waals surface area contributed by atoms with E-state index >= 15 is 0 Å². The average molecular weight is 487 g/mol. The van der Waals surface area contributed by atoms with E-state index in [1.165, 1.54) is 25.3 Å². The quantitative estimate of drug-likeness (QED) is 0.484. The van der Waals surface area contributed by atoms with Crippen LogP contribution >= 0.6 is 11.6 Å². The Morgan fingerprint density at radius 2 is 1.76 bits per heavy atom. The normalized spacial score (nSPS) is 12.2. The lowest BCUT2D eigenvalue weighted by atomic mass is 10.00. The van der Waals surface area contributed by atoms with Crippen LogP contribution < -0.4 is 14.4 Å². The Bertz CT molecular complexity index is 1240. The number of carbonyl (C=O) groups is 1. The molecule has 6 nitrogen and oxygen atoms in total. The number of ether oxygens (including phenoxy) is 1. The maximum absolute atomic E-state index is 13.5. The van der Waals surface area contributed by atoms with Gasteiger partial charge in [0.15, 0.2) is 0 Å². The average Bonchev–Trinajstić information content (AvgIpc) is 2.79. The fourth-order valence-corrected chi connectivity index (χ4v) is 5.14. The molecule has 0 saturated heterocycles. The first-order chi connectivity index (χ1) is 15.6. The maximum atomic E-state index is 13.5. The number of aryl methyl sites for hydroxylation is 2. The van der Waals surface area contributed by atoms with Crippen LogP contribution in [0.15, 0.2) is 71.6 Å². The molecule has 0 bridgehead atoms. The standard InChI is InChI=1S/C25H27ClN2O4S/c1-17-8-9-18(2)24(14-17)19(3)27-25(29)16-28(21-7-5-6-20(26)15-21)33(30,31)23-12-10-22(32-4)11-13-23/h5-15,19H,16H2,1-4H3,(H,27,29). The zero-order chi connectivity index (χ0) is 24.2. The van der Waals surface area contributed by atoms with Crippen molar-refractivity contribution in [3.8, 4) is 5.75 Å². The highest BCUT2D eigenvalue weighted by Gasteiger charge is 2.28. The first-order valence-electron chi connectivity index (χ1n) is 10.4. The molecule has 1 N–H and O–H groups in total. The molecule has 0 radical (unpaired) electrons. The molecule has 0 fully saturated rings. The van der Waals surface area contributed by atoms with Crippen molar-refractivity contribution in [1.82, 2.24) is 5.32 Å². The number of anilines is 1. The van der Waals surface area contributed by atoms with Crippen LogP contribution in [0.5, 0.6) is 5.75 Å². The number of nitrogens with one attached hydrogen (secondary N) is 1. The summed E-state index contributed by atoms with van der Waals surface area (Å²) in [5.74, 6) is 0.101. The van der Waals surface area contributed by atoms with Gasteiger partial charge in [-0.05, 0) is 74.4 Å². The number of carbonyl (C=O) groups excluding carboxylic acids is 1. The van der Waals surface area contributed by atoms with Crippen molar-refractivity contribution in [2.45, 2.75) is 31.7 Å². The highest BCUT2D eigenvalue weighted by Crippen LogP contribution is 2.27. The van der Waals surface area contributed by atoms with Crippen LogP contribution in [0.25, 0.3) is 0 Å². The second kappa shape index (κ2) is 10.3. The molecule has 3 aromatic carbocycles. The first kappa shape index (κ1) is 24.6. The smallest absolute Gasteiger partial charge is 0.264 e. The number of hydrogen-bond donors (Lipinski definition) is 1. The molecule has 1 unspecified atom stereocenters. The molecule has 0 aliphatic rings. The highest BCUT2D eigenvalue weighted by atomic mass is 35.5. The lowest BCUT2D eigenvalue weighted by molar-refractivity contribution is -0.120. The number of amides is 1. The van der Waals surface area contributed by atoms with E-state index < -0.39 is 22.5 Å². The second-order valence-corrected chi connectivity index (χ2v) is 10.1. The topological polar surface area (TPSA) is 75.7 Å². The van der Waals surface area contributed by atoms with Gasteiger partial charge in [-0.1, -0.05) is 41.4 Å². The number of halogens is 1. The SMILES string of the molecule is COc1ccc(S(=O)(=O)N(CC(=O)NC(C)c2cc(C)ccc2C)c2cccc(Cl)c2)cc1. The van der Waals surface area contributed by atoms with E-state index in [2.05, 4.69) is 5.32 Å². The van der Waals surface area contributed by atoms with Gasteiger partial charge < -0.3 is 10.1 Å². The Morgan fingerprint density at radius 3 is 2.39 bits per heavy atom. The van der Waals surface area contributed by atoms with Crippen LogP contribution in [0.1, 0.15) is 29.7 Å². The van der Waals surface area contributed by atoms with Gasteiger partial charge in [0, 0.05) is 5.02 Å². The molecule has 8 heteroatoms. The lowest BCUT2D eigenvalue weighted by Gasteiger charge is -2.25. The third kappa shape index (κ3) is 5.86. The highest BCUT2D eigenvalue weighted by molar-refractivity contribution is 7.92. The molecule has 0 heterocycles. The summed E-state index contributed by atoms with van der Waals surface area (Å²) in [7, 11) is -2.54. The van der Waals surface area contributed by atoms with Gasteiger partial charge in [-0.15, -0.1) is 0 Å². The van der Waals surface area contributed by atoms with Gasteiger partial charge >= 0.3 is 0 Å². The van der Waals surface area contributed by atoms with Gasteiger partial charge in [0.2, 0.25) is 5.91 Å². The van der Waals surface area contributed by atoms with Crippen molar-refractivity contribution in [2.75, 3.05) is 18.0 Å². The van der Waals surface area contributed by atoms with E-state index in [0.29, 0.717) is 16.5 Å². The molecule has 0 aliphatic carbocycles. The number of benzene rings is 3. The number of rotatable bonds is 8. The van der Waals surface area contributed by atoms with Gasteiger partial charge in [-0.3, -0.25) is 9.10 Å². The summed E-state index contributed by atoms with van der Waals surface area (Å²) in [4.78, 5) is 13.0. The third-order valence-corrected chi connectivity index (χ3v) is 7.33. The number of nitrogens with zero attached hydrogens (tertiary/aromatic N) is 1. The lowest BCUT2D eigenvalue weighted by Crippen LogP contribution is -2.41. The Labute approximate surface area is 200 Å². The molecule has 1 amide bonds. The van der Waals surface area contributed by atoms with Gasteiger partial charge in [0.1, 0.15) is 12.3 Å². The summed E-state index contributed by atoms with van der Waals surface area (Å²) in [6.45, 7) is 5.44. The molecule has 33 heavy (non-hydrogen) atoms. The minimum atomic E-state index is -4.05. The summed E-state index contributed by atoms with van der Waals surface area (Å²) in [5.41, 5.74) is 3.41. The van der Waals surface area contributed by atoms with Crippen LogP contribution in [0.2, 0.25) is 5.02 Å². The van der Waals surface area contributed by atoms with E-state index in [4.69, 9.17) is 16.3 Å². The number of sulfonamides is 1. The molecule has 3 aromatic rings. The fourth-order valence-electron chi connectivity index (χ4n) is 3.54. The van der Waals surface area contributed by atoms with E-state index in [-0.39, 0.29) is 10.9 Å². The maximum Gasteiger partial charge on any atom is 0.264 e. The van der Waals surface area contributed by atoms with Crippen molar-refractivity contribution in [3.05, 3.63) is 88.4 Å². The molecular formula is C25H27ClN2O4S. The van der Waals surface area contributed by atoms with E-state index in [9.17, 15) is 13.2 Å². The van der Waals surface area contributed by atoms with Crippen molar-refractivity contribution in [2.24, 2.45) is 0 Å². The number of hydrogen-bond acceptors (Lipinski definition) is 4. The summed E-state index contributed by atoms with van der Waals surface area (Å²) >= 11 is 6.12. The monoisotopic (exact) mass is 486 g/mol. The van der Waals surface area contributed by atoms with Crippen LogP contribution in [-0.2, 0) is 14.8 Å². The second-order valence-electron chi connectivity index (χ2n) is 7.82. The summed E-state index contributed by atoms with van der Waals surface area (Å²) in [6, 6.07) is 18.2. The summed E-state index contributed by atoms with van der Waals surface area (Å²) in [6.07, 6.45) is 0. The van der Waals surface area contributed by atoms with E-state index in [1.807, 2.05) is 39.0 Å². The molecule has 0 aliphatic heterocycles. The molecule has 174 valence electrons. The predicted octanol–water partition coefficient (Wildman–Crippen LogP) is 5.04. The Morgan fingerprint density at radius 1 is 1.06 bits per heavy atom. The zero-order valence-electron chi connectivity index (χ0n) is 19.0. The molecule has 3 rings (SSSR count). The summed E-state index contributed by atoms with van der Waals surface area (Å²) in [5, 5.41) is 3.29. The third-order valence-electron chi connectivity index (χ3n) is 5.31. The minimum Gasteiger partial charge on any atom is -0.497 e. The van der Waals surface area contributed by atoms with Crippen LogP contribution in [0.4, 0.5) is 5.69 Å². The Kier molecular flexibility index (Phi) is 7.66. The fraction of sp³-hybridized carbons (Fsp3) is 0.240. The summed E-state index contributed by atoms with van der Waals surface area (Å²) < 4.78 is 33.2. The predicted molar refractivity (Wildman–Crippen MR) is 131 cm³/mol. The number of methoxy groups -OCH3 is 1. The van der Waals surface area contributed by atoms with E-state index in [0.717, 1.165) is 21.0 Å². The Balaban J connectivity index is 1.91. The van der Waals surface area contributed by atoms with Crippen LogP contribution in [0, 0.1) is 13.8 Å². The molecule has 0 aromatic heterocycles. The van der Waals surface area contributed by atoms with Crippen LogP contribution in [-0.4, -0.2) is 28.0 Å². The zero-order valence-corrected chi connectivity index (χ0v) is 20.6. The Hall–Kier alpha value is -3.03. The molecule has 0 spiro atoms. The van der Waals surface area contributed by atoms with E-state index in [1.54, 1.807) is 30.3 Å². The van der Waals surface area contributed by atoms with Gasteiger partial charge in [0.05, 0.1) is 23.7 Å². The molecule has 0 saturated carbocycles. The van der Waals surface area contributed by atoms with Gasteiger partial charge in [0.25, 0.3) is 10.0 Å². The van der Waals surface area contributed by atoms with Crippen molar-refractivity contribution in [1.29, 1.82) is 0 Å². The van der Waals surface area contributed by atoms with Crippen LogP contribution in [0.3, 0.4) is 0 Å². The van der Waals surface area contributed by atoms with Gasteiger partial charge in [-0.25, -0.2) is 8.42 Å². The minimum absolute atomic E-state index is 0.0404. The molecular weight excluding hydrogens is 460 g/mol. The van der Waals surface area contributed by atoms with Crippen molar-refractivity contribution in [3.63, 3.8) is 0 Å². The van der Waals surface area contributed by atoms with Crippen molar-refractivity contribution < 1.29 is 17.9 Å².